The molecule has 0 aliphatic rings. The Balaban J connectivity index is 4.77. The fourth-order valence-corrected chi connectivity index (χ4v) is 7.43. The van der Waals surface area contributed by atoms with Crippen molar-refractivity contribution in [2.24, 2.45) is 0 Å². The fourth-order valence-electron chi connectivity index (χ4n) is 7.43. The van der Waals surface area contributed by atoms with Gasteiger partial charge in [-0.2, -0.15) is 0 Å². The summed E-state index contributed by atoms with van der Waals surface area (Å²) in [6.07, 6.45) is 67.6. The second-order valence-corrected chi connectivity index (χ2v) is 17.5. The molecule has 6 heteroatoms. The zero-order valence-corrected chi connectivity index (χ0v) is 41.6. The molecule has 3 atom stereocenters. The third kappa shape index (κ3) is 45.4. The van der Waals surface area contributed by atoms with Crippen molar-refractivity contribution in [3.8, 4) is 0 Å². The van der Waals surface area contributed by atoms with E-state index in [0.717, 1.165) is 83.5 Å². The number of hydrogen-bond acceptors (Lipinski definition) is 5. The summed E-state index contributed by atoms with van der Waals surface area (Å²) in [5.74, 6) is -0.616. The third-order valence-electron chi connectivity index (χ3n) is 11.4. The van der Waals surface area contributed by atoms with Gasteiger partial charge in [0.15, 0.2) is 0 Å². The highest BCUT2D eigenvalue weighted by Crippen LogP contribution is 2.16. The SMILES string of the molecule is CC/C=C/C/C=C/C/C=C/C/C=C/C/C=C/CCC(=O)OC(CCCC/C=C\C/C=C\C/C=C\CCCCC)CC(=O)NC(CO)C(O)CCCCCCCCCCCCCCCC. The molecule has 0 fully saturated rings. The van der Waals surface area contributed by atoms with Gasteiger partial charge in [0.05, 0.1) is 25.2 Å². The van der Waals surface area contributed by atoms with Crippen LogP contribution in [0.3, 0.4) is 0 Å². The van der Waals surface area contributed by atoms with E-state index in [9.17, 15) is 19.8 Å². The van der Waals surface area contributed by atoms with Gasteiger partial charge < -0.3 is 20.3 Å². The molecule has 0 radical (unpaired) electrons. The largest absolute Gasteiger partial charge is 0.462 e. The van der Waals surface area contributed by atoms with Crippen LogP contribution in [0.15, 0.2) is 97.2 Å². The summed E-state index contributed by atoms with van der Waals surface area (Å²) >= 11 is 0. The second-order valence-electron chi connectivity index (χ2n) is 17.5. The van der Waals surface area contributed by atoms with E-state index in [4.69, 9.17) is 4.74 Å². The first kappa shape index (κ1) is 60.8. The van der Waals surface area contributed by atoms with E-state index in [1.807, 2.05) is 6.08 Å². The summed E-state index contributed by atoms with van der Waals surface area (Å²) in [5.41, 5.74) is 0. The van der Waals surface area contributed by atoms with Crippen LogP contribution in [0.4, 0.5) is 0 Å². The maximum Gasteiger partial charge on any atom is 0.306 e. The number of aliphatic hydroxyl groups excluding tert-OH is 2. The van der Waals surface area contributed by atoms with E-state index in [1.54, 1.807) is 0 Å². The molecule has 1 amide bonds. The standard InChI is InChI=1S/C58H99NO5/c1-4-7-10-13-16-19-22-25-28-30-33-36-39-42-45-48-51-58(63)64-54(49-46-43-40-37-34-31-29-26-23-20-17-14-11-8-5-2)52-57(62)59-55(53-60)56(61)50-47-44-41-38-35-32-27-24-21-18-15-12-9-6-3/h7,10,16-17,19-20,25-26,28-29,33-34,36-37,42,45,54-56,60-61H,4-6,8-9,11-15,18,21-24,27,30-32,35,38-41,43-44,46-53H2,1-3H3,(H,59,62)/b10-7+,19-16+,20-17-,28-25+,29-26-,36-33+,37-34-,45-42+. The lowest BCUT2D eigenvalue weighted by molar-refractivity contribution is -0.150. The molecular formula is C58H99NO5. The van der Waals surface area contributed by atoms with Crippen molar-refractivity contribution in [1.29, 1.82) is 0 Å². The average Bonchev–Trinajstić information content (AvgIpc) is 3.29. The van der Waals surface area contributed by atoms with Crippen LogP contribution in [0.25, 0.3) is 0 Å². The zero-order valence-electron chi connectivity index (χ0n) is 41.6. The van der Waals surface area contributed by atoms with Crippen LogP contribution < -0.4 is 5.32 Å². The Bertz CT molecular complexity index is 1270. The lowest BCUT2D eigenvalue weighted by Gasteiger charge is -2.24. The number of aliphatic hydroxyl groups is 2. The minimum absolute atomic E-state index is 0.0170. The Morgan fingerprint density at radius 3 is 1.30 bits per heavy atom. The molecule has 0 bridgehead atoms. The molecule has 0 rings (SSSR count). The van der Waals surface area contributed by atoms with Crippen molar-refractivity contribution in [1.82, 2.24) is 5.32 Å². The summed E-state index contributed by atoms with van der Waals surface area (Å²) in [7, 11) is 0. The molecule has 0 aromatic carbocycles. The quantitative estimate of drug-likeness (QED) is 0.0321. The van der Waals surface area contributed by atoms with Crippen molar-refractivity contribution >= 4 is 11.9 Å². The van der Waals surface area contributed by atoms with Crippen LogP contribution in [0.1, 0.15) is 233 Å². The molecule has 64 heavy (non-hydrogen) atoms. The van der Waals surface area contributed by atoms with Crippen LogP contribution in [0, 0.1) is 0 Å². The summed E-state index contributed by atoms with van der Waals surface area (Å²) in [6, 6.07) is -0.734. The first-order chi connectivity index (χ1) is 31.5. The van der Waals surface area contributed by atoms with Crippen molar-refractivity contribution in [3.05, 3.63) is 97.2 Å². The predicted molar refractivity (Wildman–Crippen MR) is 277 cm³/mol. The van der Waals surface area contributed by atoms with Gasteiger partial charge in [0, 0.05) is 6.42 Å². The van der Waals surface area contributed by atoms with E-state index in [0.29, 0.717) is 19.3 Å². The number of carbonyl (C=O) groups is 2. The number of rotatable bonds is 46. The monoisotopic (exact) mass is 890 g/mol. The average molecular weight is 890 g/mol. The first-order valence-corrected chi connectivity index (χ1v) is 26.5. The summed E-state index contributed by atoms with van der Waals surface area (Å²) in [5, 5.41) is 23.8. The summed E-state index contributed by atoms with van der Waals surface area (Å²) in [4.78, 5) is 26.1. The number of nitrogens with one attached hydrogen (secondary N) is 1. The molecule has 0 heterocycles. The van der Waals surface area contributed by atoms with Crippen LogP contribution in [-0.4, -0.2) is 46.9 Å². The highest BCUT2D eigenvalue weighted by molar-refractivity contribution is 5.77. The Morgan fingerprint density at radius 2 is 0.844 bits per heavy atom. The number of ether oxygens (including phenoxy) is 1. The predicted octanol–water partition coefficient (Wildman–Crippen LogP) is 16.1. The van der Waals surface area contributed by atoms with Crippen molar-refractivity contribution in [2.45, 2.75) is 251 Å². The molecule has 3 unspecified atom stereocenters. The Hall–Kier alpha value is -3.22. The summed E-state index contributed by atoms with van der Waals surface area (Å²) in [6.45, 7) is 6.31. The van der Waals surface area contributed by atoms with E-state index >= 15 is 0 Å². The molecular weight excluding hydrogens is 791 g/mol. The minimum Gasteiger partial charge on any atom is -0.462 e. The molecule has 3 N–H and O–H groups in total. The minimum atomic E-state index is -0.815. The lowest BCUT2D eigenvalue weighted by Crippen LogP contribution is -2.46. The third-order valence-corrected chi connectivity index (χ3v) is 11.4. The van der Waals surface area contributed by atoms with Gasteiger partial charge in [-0.25, -0.2) is 0 Å². The number of carbonyl (C=O) groups excluding carboxylic acids is 2. The Morgan fingerprint density at radius 1 is 0.469 bits per heavy atom. The van der Waals surface area contributed by atoms with Crippen LogP contribution >= 0.6 is 0 Å². The van der Waals surface area contributed by atoms with Gasteiger partial charge in [0.25, 0.3) is 0 Å². The highest BCUT2D eigenvalue weighted by atomic mass is 16.5. The Labute approximate surface area is 395 Å². The molecule has 0 aromatic rings. The molecule has 0 aliphatic carbocycles. The topological polar surface area (TPSA) is 95.9 Å². The van der Waals surface area contributed by atoms with Gasteiger partial charge in [-0.3, -0.25) is 9.59 Å². The van der Waals surface area contributed by atoms with Gasteiger partial charge in [-0.05, 0) is 96.3 Å². The normalized spacial score (nSPS) is 14.0. The number of hydrogen-bond donors (Lipinski definition) is 3. The van der Waals surface area contributed by atoms with Gasteiger partial charge in [-0.15, -0.1) is 0 Å². The van der Waals surface area contributed by atoms with Crippen molar-refractivity contribution < 1.29 is 24.5 Å². The number of esters is 1. The number of unbranched alkanes of at least 4 members (excludes halogenated alkanes) is 18. The van der Waals surface area contributed by atoms with E-state index in [-0.39, 0.29) is 31.3 Å². The van der Waals surface area contributed by atoms with Gasteiger partial charge in [0.2, 0.25) is 5.91 Å². The van der Waals surface area contributed by atoms with E-state index < -0.39 is 18.2 Å². The van der Waals surface area contributed by atoms with Crippen LogP contribution in [-0.2, 0) is 14.3 Å². The highest BCUT2D eigenvalue weighted by Gasteiger charge is 2.24. The van der Waals surface area contributed by atoms with Gasteiger partial charge in [0.1, 0.15) is 6.10 Å². The van der Waals surface area contributed by atoms with Crippen LogP contribution in [0.2, 0.25) is 0 Å². The van der Waals surface area contributed by atoms with Gasteiger partial charge in [-0.1, -0.05) is 221 Å². The summed E-state index contributed by atoms with van der Waals surface area (Å²) < 4.78 is 5.88. The molecule has 366 valence electrons. The van der Waals surface area contributed by atoms with E-state index in [1.165, 1.54) is 96.3 Å². The molecule has 0 aliphatic heterocycles. The maximum atomic E-state index is 13.2. The second kappa shape index (κ2) is 50.8. The zero-order chi connectivity index (χ0) is 46.7. The van der Waals surface area contributed by atoms with Crippen molar-refractivity contribution in [2.75, 3.05) is 6.61 Å². The first-order valence-electron chi connectivity index (χ1n) is 26.5. The fraction of sp³-hybridized carbons (Fsp3) is 0.690. The van der Waals surface area contributed by atoms with Gasteiger partial charge >= 0.3 is 5.97 Å². The van der Waals surface area contributed by atoms with Crippen LogP contribution in [0.5, 0.6) is 0 Å². The molecule has 0 aromatic heterocycles. The Kier molecular flexibility index (Phi) is 48.2. The molecule has 6 nitrogen and oxygen atoms in total. The van der Waals surface area contributed by atoms with Crippen molar-refractivity contribution in [3.63, 3.8) is 0 Å². The number of amides is 1. The van der Waals surface area contributed by atoms with E-state index in [2.05, 4.69) is 117 Å². The molecule has 0 spiro atoms. The maximum absolute atomic E-state index is 13.2. The molecule has 0 saturated carbocycles. The number of allylic oxidation sites excluding steroid dienone is 16. The smallest absolute Gasteiger partial charge is 0.306 e. The molecule has 0 saturated heterocycles. The lowest BCUT2D eigenvalue weighted by atomic mass is 10.0.